The Kier molecular flexibility index (Phi) is 3.50. The molecular weight excluding hydrogens is 314 g/mol. The largest absolute Gasteiger partial charge is 0.383 e. The predicted octanol–water partition coefficient (Wildman–Crippen LogP) is 3.85. The summed E-state index contributed by atoms with van der Waals surface area (Å²) >= 11 is 3.49. The number of rotatable bonds is 3. The molecule has 3 nitrogen and oxygen atoms in total. The second-order valence-electron chi connectivity index (χ2n) is 5.35. The number of aryl methyl sites for hydroxylation is 1. The minimum Gasteiger partial charge on any atom is -0.383 e. The van der Waals surface area contributed by atoms with Gasteiger partial charge >= 0.3 is 0 Å². The number of benzene rings is 1. The van der Waals surface area contributed by atoms with Gasteiger partial charge in [-0.1, -0.05) is 43.7 Å². The van der Waals surface area contributed by atoms with Crippen molar-refractivity contribution in [3.8, 4) is 0 Å². The molecule has 3 rings (SSSR count). The maximum absolute atomic E-state index is 6.05. The first-order valence-electron chi connectivity index (χ1n) is 7.05. The molecule has 1 aliphatic carbocycles. The van der Waals surface area contributed by atoms with E-state index in [4.69, 9.17) is 10.7 Å². The molecule has 0 spiro atoms. The number of hydrogen-bond donors (Lipinski definition) is 1. The molecule has 1 saturated carbocycles. The van der Waals surface area contributed by atoms with E-state index in [0.29, 0.717) is 5.82 Å². The van der Waals surface area contributed by atoms with Crippen LogP contribution in [0.25, 0.3) is 0 Å². The van der Waals surface area contributed by atoms with Gasteiger partial charge in [0.15, 0.2) is 0 Å². The zero-order chi connectivity index (χ0) is 14.2. The van der Waals surface area contributed by atoms with Crippen molar-refractivity contribution in [2.45, 2.75) is 38.0 Å². The van der Waals surface area contributed by atoms with Crippen LogP contribution in [0.15, 0.2) is 34.8 Å². The average Bonchev–Trinajstić information content (AvgIpc) is 2.42. The summed E-state index contributed by atoms with van der Waals surface area (Å²) in [6.45, 7) is 2.09. The maximum Gasteiger partial charge on any atom is 0.141 e. The van der Waals surface area contributed by atoms with Gasteiger partial charge in [-0.15, -0.1) is 0 Å². The maximum atomic E-state index is 6.05. The lowest BCUT2D eigenvalue weighted by molar-refractivity contribution is 0.284. The molecule has 4 heteroatoms. The van der Waals surface area contributed by atoms with Gasteiger partial charge in [-0.3, -0.25) is 0 Å². The number of anilines is 1. The van der Waals surface area contributed by atoms with Gasteiger partial charge in [0.2, 0.25) is 0 Å². The zero-order valence-corrected chi connectivity index (χ0v) is 13.2. The molecule has 0 unspecified atom stereocenters. The van der Waals surface area contributed by atoms with Crippen LogP contribution in [-0.2, 0) is 11.8 Å². The predicted molar refractivity (Wildman–Crippen MR) is 84.6 cm³/mol. The van der Waals surface area contributed by atoms with Crippen LogP contribution in [0.1, 0.15) is 43.3 Å². The Morgan fingerprint density at radius 1 is 1.20 bits per heavy atom. The van der Waals surface area contributed by atoms with Crippen LogP contribution in [0, 0.1) is 0 Å². The molecule has 0 amide bonds. The Morgan fingerprint density at radius 2 is 1.90 bits per heavy atom. The van der Waals surface area contributed by atoms with Crippen LogP contribution in [0.2, 0.25) is 0 Å². The molecule has 1 fully saturated rings. The standard InChI is InChI=1S/C16H18BrN3/c1-2-12-13(17)14(18)20-15(19-12)16(9-6-10-16)11-7-4-3-5-8-11/h3-5,7-8H,2,6,9-10H2,1H3,(H2,18,19,20). The molecule has 2 N–H and O–H groups in total. The van der Waals surface area contributed by atoms with E-state index in [-0.39, 0.29) is 5.41 Å². The number of hydrogen-bond acceptors (Lipinski definition) is 3. The molecule has 0 atom stereocenters. The smallest absolute Gasteiger partial charge is 0.141 e. The number of aromatic nitrogens is 2. The normalized spacial score (nSPS) is 16.7. The van der Waals surface area contributed by atoms with Gasteiger partial charge in [0, 0.05) is 0 Å². The Morgan fingerprint density at radius 3 is 2.45 bits per heavy atom. The third-order valence-electron chi connectivity index (χ3n) is 4.24. The van der Waals surface area contributed by atoms with Crippen molar-refractivity contribution in [1.29, 1.82) is 0 Å². The third kappa shape index (κ3) is 2.03. The second-order valence-corrected chi connectivity index (χ2v) is 6.14. The summed E-state index contributed by atoms with van der Waals surface area (Å²) in [7, 11) is 0. The summed E-state index contributed by atoms with van der Waals surface area (Å²) in [6.07, 6.45) is 4.27. The topological polar surface area (TPSA) is 51.8 Å². The second kappa shape index (κ2) is 5.17. The highest BCUT2D eigenvalue weighted by molar-refractivity contribution is 9.10. The van der Waals surface area contributed by atoms with Crippen molar-refractivity contribution in [3.05, 3.63) is 51.9 Å². The van der Waals surface area contributed by atoms with Gasteiger partial charge in [-0.05, 0) is 40.8 Å². The summed E-state index contributed by atoms with van der Waals surface area (Å²) < 4.78 is 0.839. The Labute approximate surface area is 127 Å². The molecule has 1 aromatic heterocycles. The quantitative estimate of drug-likeness (QED) is 0.929. The fourth-order valence-electron chi connectivity index (χ4n) is 2.89. The van der Waals surface area contributed by atoms with Gasteiger partial charge in [0.1, 0.15) is 11.6 Å². The van der Waals surface area contributed by atoms with Crippen LogP contribution in [0.3, 0.4) is 0 Å². The fraction of sp³-hybridized carbons (Fsp3) is 0.375. The van der Waals surface area contributed by atoms with Crippen LogP contribution in [0.5, 0.6) is 0 Å². The van der Waals surface area contributed by atoms with Crippen molar-refractivity contribution < 1.29 is 0 Å². The van der Waals surface area contributed by atoms with Crippen LogP contribution < -0.4 is 5.73 Å². The molecule has 0 aliphatic heterocycles. The highest BCUT2D eigenvalue weighted by atomic mass is 79.9. The Hall–Kier alpha value is -1.42. The van der Waals surface area contributed by atoms with Crippen molar-refractivity contribution >= 4 is 21.7 Å². The lowest BCUT2D eigenvalue weighted by Crippen LogP contribution is -2.37. The molecule has 0 radical (unpaired) electrons. The van der Waals surface area contributed by atoms with Crippen molar-refractivity contribution in [1.82, 2.24) is 9.97 Å². The minimum atomic E-state index is -0.0417. The molecule has 1 heterocycles. The van der Waals surface area contributed by atoms with Crippen LogP contribution >= 0.6 is 15.9 Å². The highest BCUT2D eigenvalue weighted by Crippen LogP contribution is 2.48. The molecule has 2 aromatic rings. The fourth-order valence-corrected chi connectivity index (χ4v) is 3.35. The molecule has 20 heavy (non-hydrogen) atoms. The number of halogens is 1. The van der Waals surface area contributed by atoms with E-state index in [0.717, 1.165) is 35.3 Å². The van der Waals surface area contributed by atoms with Gasteiger partial charge in [-0.2, -0.15) is 0 Å². The summed E-state index contributed by atoms with van der Waals surface area (Å²) in [5.74, 6) is 1.43. The van der Waals surface area contributed by atoms with E-state index >= 15 is 0 Å². The first kappa shape index (κ1) is 13.6. The number of nitrogen functional groups attached to an aromatic ring is 1. The van der Waals surface area contributed by atoms with Crippen molar-refractivity contribution in [2.24, 2.45) is 0 Å². The van der Waals surface area contributed by atoms with E-state index in [1.165, 1.54) is 12.0 Å². The van der Waals surface area contributed by atoms with Crippen LogP contribution in [0.4, 0.5) is 5.82 Å². The molecule has 0 saturated heterocycles. The van der Waals surface area contributed by atoms with Crippen molar-refractivity contribution in [2.75, 3.05) is 5.73 Å². The molecule has 104 valence electrons. The first-order chi connectivity index (χ1) is 9.67. The van der Waals surface area contributed by atoms with Crippen molar-refractivity contribution in [3.63, 3.8) is 0 Å². The SMILES string of the molecule is CCc1nc(C2(c3ccccc3)CCC2)nc(N)c1Br. The molecule has 1 aliphatic rings. The average molecular weight is 332 g/mol. The summed E-state index contributed by atoms with van der Waals surface area (Å²) in [4.78, 5) is 9.36. The highest BCUT2D eigenvalue weighted by Gasteiger charge is 2.43. The van der Waals surface area contributed by atoms with E-state index in [2.05, 4.69) is 52.1 Å². The number of nitrogens with zero attached hydrogens (tertiary/aromatic N) is 2. The van der Waals surface area contributed by atoms with E-state index in [1.54, 1.807) is 0 Å². The van der Waals surface area contributed by atoms with E-state index < -0.39 is 0 Å². The van der Waals surface area contributed by atoms with Gasteiger partial charge in [-0.25, -0.2) is 9.97 Å². The number of nitrogens with two attached hydrogens (primary N) is 1. The summed E-state index contributed by atoms with van der Waals surface area (Å²) in [5.41, 5.74) is 8.31. The molecule has 0 bridgehead atoms. The van der Waals surface area contributed by atoms with E-state index in [9.17, 15) is 0 Å². The molecule has 1 aromatic carbocycles. The molecular formula is C16H18BrN3. The monoisotopic (exact) mass is 331 g/mol. The van der Waals surface area contributed by atoms with Gasteiger partial charge in [0.05, 0.1) is 15.6 Å². The Bertz CT molecular complexity index is 621. The zero-order valence-electron chi connectivity index (χ0n) is 11.6. The summed E-state index contributed by atoms with van der Waals surface area (Å²) in [5, 5.41) is 0. The lowest BCUT2D eigenvalue weighted by Gasteiger charge is -2.41. The first-order valence-corrected chi connectivity index (χ1v) is 7.84. The summed E-state index contributed by atoms with van der Waals surface area (Å²) in [6, 6.07) is 10.6. The Balaban J connectivity index is 2.13. The third-order valence-corrected chi connectivity index (χ3v) is 5.11. The van der Waals surface area contributed by atoms with E-state index in [1.807, 2.05) is 6.07 Å². The lowest BCUT2D eigenvalue weighted by atomic mass is 9.64. The minimum absolute atomic E-state index is 0.0417. The van der Waals surface area contributed by atoms with Gasteiger partial charge in [0.25, 0.3) is 0 Å². The van der Waals surface area contributed by atoms with Crippen LogP contribution in [-0.4, -0.2) is 9.97 Å². The van der Waals surface area contributed by atoms with Gasteiger partial charge < -0.3 is 5.73 Å².